The summed E-state index contributed by atoms with van der Waals surface area (Å²) in [5, 5.41) is 2.95. The number of carbonyl (C=O) groups excluding carboxylic acids is 1. The van der Waals surface area contributed by atoms with Gasteiger partial charge in [-0.15, -0.1) is 0 Å². The first kappa shape index (κ1) is 17.1. The number of likely N-dealkylation sites (tertiary alicyclic amines) is 1. The molecular formula is C20H22N4O. The topological polar surface area (TPSA) is 58.1 Å². The largest absolute Gasteiger partial charge is 0.344 e. The Balaban J connectivity index is 1.55. The molecule has 25 heavy (non-hydrogen) atoms. The molecule has 1 aliphatic heterocycles. The minimum absolute atomic E-state index is 0.0593. The van der Waals surface area contributed by atoms with E-state index in [-0.39, 0.29) is 11.9 Å². The van der Waals surface area contributed by atoms with Crippen molar-refractivity contribution in [3.05, 3.63) is 60.2 Å². The van der Waals surface area contributed by atoms with Crippen molar-refractivity contribution in [2.24, 2.45) is 0 Å². The van der Waals surface area contributed by atoms with Gasteiger partial charge in [0.15, 0.2) is 0 Å². The quantitative estimate of drug-likeness (QED) is 0.869. The van der Waals surface area contributed by atoms with Crippen LogP contribution in [0.4, 0.5) is 0 Å². The molecule has 3 rings (SSSR count). The number of rotatable bonds is 4. The van der Waals surface area contributed by atoms with E-state index in [1.807, 2.05) is 24.4 Å². The van der Waals surface area contributed by atoms with Crippen LogP contribution < -0.4 is 5.32 Å². The third kappa shape index (κ3) is 5.13. The van der Waals surface area contributed by atoms with Gasteiger partial charge < -0.3 is 5.32 Å². The lowest BCUT2D eigenvalue weighted by atomic mass is 10.0. The average molecular weight is 334 g/mol. The number of pyridine rings is 2. The Morgan fingerprint density at radius 3 is 2.80 bits per heavy atom. The summed E-state index contributed by atoms with van der Waals surface area (Å²) >= 11 is 0. The summed E-state index contributed by atoms with van der Waals surface area (Å²) in [4.78, 5) is 23.0. The monoisotopic (exact) mass is 334 g/mol. The van der Waals surface area contributed by atoms with Gasteiger partial charge in [0.25, 0.3) is 0 Å². The van der Waals surface area contributed by atoms with Crippen LogP contribution in [0.5, 0.6) is 0 Å². The second-order valence-electron chi connectivity index (χ2n) is 6.10. The summed E-state index contributed by atoms with van der Waals surface area (Å²) in [7, 11) is 0. The van der Waals surface area contributed by atoms with E-state index in [2.05, 4.69) is 38.1 Å². The molecule has 3 heterocycles. The average Bonchev–Trinajstić information content (AvgIpc) is 2.67. The fraction of sp³-hybridized carbons (Fsp3) is 0.350. The lowest BCUT2D eigenvalue weighted by Gasteiger charge is -2.34. The van der Waals surface area contributed by atoms with Crippen LogP contribution in [-0.2, 0) is 11.3 Å². The third-order valence-electron chi connectivity index (χ3n) is 4.27. The molecule has 0 aliphatic carbocycles. The van der Waals surface area contributed by atoms with Crippen molar-refractivity contribution < 1.29 is 4.79 Å². The number of nitrogens with zero attached hydrogens (tertiary/aromatic N) is 3. The van der Waals surface area contributed by atoms with Crippen LogP contribution in [0, 0.1) is 11.8 Å². The smallest absolute Gasteiger partial charge is 0.238 e. The van der Waals surface area contributed by atoms with Crippen LogP contribution in [0.15, 0.2) is 49.1 Å². The molecule has 0 bridgehead atoms. The molecule has 1 saturated heterocycles. The van der Waals surface area contributed by atoms with Crippen molar-refractivity contribution in [2.45, 2.75) is 31.8 Å². The van der Waals surface area contributed by atoms with Crippen LogP contribution in [0.25, 0.3) is 0 Å². The molecule has 5 nitrogen and oxygen atoms in total. The molecule has 1 aliphatic rings. The number of nitrogens with one attached hydrogen (secondary N) is 1. The fourth-order valence-electron chi connectivity index (χ4n) is 3.04. The van der Waals surface area contributed by atoms with Gasteiger partial charge in [-0.1, -0.05) is 24.3 Å². The summed E-state index contributed by atoms with van der Waals surface area (Å²) in [6, 6.07) is 7.65. The predicted octanol–water partition coefficient (Wildman–Crippen LogP) is 2.00. The highest BCUT2D eigenvalue weighted by Crippen LogP contribution is 2.19. The SMILES string of the molecule is O=C(NCC#Cc1cccnc1)C1CCCCN1Cc1cccnc1. The molecule has 0 aromatic carbocycles. The molecule has 2 aromatic heterocycles. The number of aromatic nitrogens is 2. The number of hydrogen-bond acceptors (Lipinski definition) is 4. The molecule has 5 heteroatoms. The molecule has 1 unspecified atom stereocenters. The molecule has 1 atom stereocenters. The lowest BCUT2D eigenvalue weighted by molar-refractivity contribution is -0.127. The van der Waals surface area contributed by atoms with E-state index in [1.54, 1.807) is 18.6 Å². The first-order chi connectivity index (χ1) is 12.3. The van der Waals surface area contributed by atoms with Gasteiger partial charge in [0.05, 0.1) is 12.6 Å². The zero-order valence-electron chi connectivity index (χ0n) is 14.2. The van der Waals surface area contributed by atoms with E-state index >= 15 is 0 Å². The maximum atomic E-state index is 12.6. The minimum Gasteiger partial charge on any atom is -0.344 e. The normalized spacial score (nSPS) is 17.4. The van der Waals surface area contributed by atoms with Gasteiger partial charge in [-0.05, 0) is 43.1 Å². The summed E-state index contributed by atoms with van der Waals surface area (Å²) in [5.41, 5.74) is 1.99. The number of amides is 1. The molecular weight excluding hydrogens is 312 g/mol. The zero-order chi connectivity index (χ0) is 17.3. The maximum absolute atomic E-state index is 12.6. The Kier molecular flexibility index (Phi) is 6.13. The van der Waals surface area contributed by atoms with Gasteiger partial charge >= 0.3 is 0 Å². The molecule has 0 saturated carbocycles. The molecule has 0 radical (unpaired) electrons. The Bertz CT molecular complexity index is 737. The second kappa shape index (κ2) is 8.95. The lowest BCUT2D eigenvalue weighted by Crippen LogP contribution is -2.49. The van der Waals surface area contributed by atoms with Gasteiger partial charge in [-0.2, -0.15) is 0 Å². The molecule has 0 spiro atoms. The van der Waals surface area contributed by atoms with E-state index < -0.39 is 0 Å². The van der Waals surface area contributed by atoms with Gasteiger partial charge in [0.2, 0.25) is 5.91 Å². The van der Waals surface area contributed by atoms with Crippen LogP contribution in [0.3, 0.4) is 0 Å². The van der Waals surface area contributed by atoms with Crippen molar-refractivity contribution in [3.8, 4) is 11.8 Å². The van der Waals surface area contributed by atoms with E-state index in [0.717, 1.165) is 43.5 Å². The first-order valence-corrected chi connectivity index (χ1v) is 8.62. The van der Waals surface area contributed by atoms with Gasteiger partial charge in [0.1, 0.15) is 0 Å². The molecule has 128 valence electrons. The second-order valence-corrected chi connectivity index (χ2v) is 6.10. The Hall–Kier alpha value is -2.71. The summed E-state index contributed by atoms with van der Waals surface area (Å²) < 4.78 is 0. The van der Waals surface area contributed by atoms with Crippen molar-refractivity contribution in [1.82, 2.24) is 20.2 Å². The molecule has 1 N–H and O–H groups in total. The number of carbonyl (C=O) groups is 1. The van der Waals surface area contributed by atoms with Crippen molar-refractivity contribution in [3.63, 3.8) is 0 Å². The van der Waals surface area contributed by atoms with Gasteiger partial charge in [-0.25, -0.2) is 0 Å². The van der Waals surface area contributed by atoms with Gasteiger partial charge in [-0.3, -0.25) is 19.7 Å². The Labute approximate surface area is 148 Å². The first-order valence-electron chi connectivity index (χ1n) is 8.62. The zero-order valence-corrected chi connectivity index (χ0v) is 14.2. The molecule has 1 fully saturated rings. The number of piperidine rings is 1. The van der Waals surface area contributed by atoms with E-state index in [9.17, 15) is 4.79 Å². The molecule has 2 aromatic rings. The third-order valence-corrected chi connectivity index (χ3v) is 4.27. The van der Waals surface area contributed by atoms with Crippen molar-refractivity contribution in [1.29, 1.82) is 0 Å². The van der Waals surface area contributed by atoms with E-state index in [4.69, 9.17) is 0 Å². The van der Waals surface area contributed by atoms with Crippen molar-refractivity contribution >= 4 is 5.91 Å². The summed E-state index contributed by atoms with van der Waals surface area (Å²) in [6.07, 6.45) is 10.2. The number of hydrogen-bond donors (Lipinski definition) is 1. The summed E-state index contributed by atoms with van der Waals surface area (Å²) in [5.74, 6) is 6.05. The summed E-state index contributed by atoms with van der Waals surface area (Å²) in [6.45, 7) is 2.05. The Morgan fingerprint density at radius 2 is 2.04 bits per heavy atom. The van der Waals surface area contributed by atoms with Crippen LogP contribution in [-0.4, -0.2) is 39.9 Å². The standard InChI is InChI=1S/C20H22N4O/c25-20(23-12-5-7-17-6-3-10-21-14-17)19-9-1-2-13-24(19)16-18-8-4-11-22-15-18/h3-4,6,8,10-11,14-15,19H,1-2,9,12-13,16H2,(H,23,25). The fourth-order valence-corrected chi connectivity index (χ4v) is 3.04. The predicted molar refractivity (Wildman–Crippen MR) is 96.4 cm³/mol. The van der Waals surface area contributed by atoms with Gasteiger partial charge in [0, 0.05) is 36.9 Å². The van der Waals surface area contributed by atoms with Crippen molar-refractivity contribution in [2.75, 3.05) is 13.1 Å². The highest BCUT2D eigenvalue weighted by atomic mass is 16.2. The highest BCUT2D eigenvalue weighted by molar-refractivity contribution is 5.82. The van der Waals surface area contributed by atoms with Crippen LogP contribution in [0.2, 0.25) is 0 Å². The van der Waals surface area contributed by atoms with E-state index in [1.165, 1.54) is 0 Å². The maximum Gasteiger partial charge on any atom is 0.238 e. The van der Waals surface area contributed by atoms with Crippen LogP contribution in [0.1, 0.15) is 30.4 Å². The highest BCUT2D eigenvalue weighted by Gasteiger charge is 2.28. The minimum atomic E-state index is -0.0888. The molecule has 1 amide bonds. The van der Waals surface area contributed by atoms with E-state index in [0.29, 0.717) is 6.54 Å². The van der Waals surface area contributed by atoms with Crippen LogP contribution >= 0.6 is 0 Å². The Morgan fingerprint density at radius 1 is 1.20 bits per heavy atom.